The number of hydrogen-bond donors (Lipinski definition) is 3. The van der Waals surface area contributed by atoms with Crippen LogP contribution in [0.4, 0.5) is 10.8 Å². The van der Waals surface area contributed by atoms with Gasteiger partial charge in [0, 0.05) is 29.6 Å². The number of carbonyl (C=O) groups is 2. The van der Waals surface area contributed by atoms with Crippen molar-refractivity contribution < 1.29 is 9.59 Å². The van der Waals surface area contributed by atoms with Crippen LogP contribution in [0.1, 0.15) is 20.8 Å². The molecule has 7 heteroatoms. The molecule has 122 valence electrons. The molecule has 1 heterocycles. The van der Waals surface area contributed by atoms with Gasteiger partial charge in [0.1, 0.15) is 0 Å². The lowest BCUT2D eigenvalue weighted by molar-refractivity contribution is -0.119. The number of rotatable bonds is 5. The lowest BCUT2D eigenvalue weighted by atomic mass is 10.0. The summed E-state index contributed by atoms with van der Waals surface area (Å²) in [7, 11) is 0. The Morgan fingerprint density at radius 2 is 1.83 bits per heavy atom. The van der Waals surface area contributed by atoms with Crippen molar-refractivity contribution in [1.82, 2.24) is 4.98 Å². The number of anilines is 2. The average molecular weight is 332 g/mol. The van der Waals surface area contributed by atoms with E-state index < -0.39 is 0 Å². The number of amides is 2. The molecule has 0 aliphatic heterocycles. The highest BCUT2D eigenvalue weighted by Gasteiger charge is 2.18. The predicted octanol–water partition coefficient (Wildman–Crippen LogP) is 2.69. The highest BCUT2D eigenvalue weighted by atomic mass is 32.1. The molecule has 4 N–H and O–H groups in total. The molecule has 6 nitrogen and oxygen atoms in total. The standard InChI is InChI=1S/C16H20N4O2S/c1-9(10(2)17)15(22)20-16-19-14(8-23-16)12-4-6-13(7-5-12)18-11(3)21/h4-10H,17H2,1-3H3,(H,18,21)(H,19,20,22). The van der Waals surface area contributed by atoms with Crippen LogP contribution in [0.15, 0.2) is 29.6 Å². The molecule has 0 fully saturated rings. The number of carbonyl (C=O) groups excluding carboxylic acids is 2. The molecule has 2 atom stereocenters. The number of nitrogens with zero attached hydrogens (tertiary/aromatic N) is 1. The van der Waals surface area contributed by atoms with Gasteiger partial charge in [-0.1, -0.05) is 19.1 Å². The topological polar surface area (TPSA) is 97.1 Å². The van der Waals surface area contributed by atoms with Gasteiger partial charge >= 0.3 is 0 Å². The van der Waals surface area contributed by atoms with E-state index in [9.17, 15) is 9.59 Å². The number of thiazole rings is 1. The molecule has 2 rings (SSSR count). The van der Waals surface area contributed by atoms with Gasteiger partial charge < -0.3 is 16.4 Å². The largest absolute Gasteiger partial charge is 0.327 e. The molecule has 0 saturated carbocycles. The van der Waals surface area contributed by atoms with Gasteiger partial charge in [0.25, 0.3) is 0 Å². The van der Waals surface area contributed by atoms with E-state index in [0.717, 1.165) is 16.9 Å². The number of hydrogen-bond acceptors (Lipinski definition) is 5. The summed E-state index contributed by atoms with van der Waals surface area (Å²) < 4.78 is 0. The second-order valence-electron chi connectivity index (χ2n) is 5.43. The highest BCUT2D eigenvalue weighted by Crippen LogP contribution is 2.26. The quantitative estimate of drug-likeness (QED) is 0.784. The van der Waals surface area contributed by atoms with Crippen LogP contribution in [0.25, 0.3) is 11.3 Å². The number of benzene rings is 1. The maximum absolute atomic E-state index is 12.0. The lowest BCUT2D eigenvalue weighted by Gasteiger charge is -2.13. The Morgan fingerprint density at radius 3 is 2.39 bits per heavy atom. The Morgan fingerprint density at radius 1 is 1.17 bits per heavy atom. The predicted molar refractivity (Wildman–Crippen MR) is 93.3 cm³/mol. The first-order valence-corrected chi connectivity index (χ1v) is 8.15. The summed E-state index contributed by atoms with van der Waals surface area (Å²) in [4.78, 5) is 27.4. The first-order valence-electron chi connectivity index (χ1n) is 7.27. The fraction of sp³-hybridized carbons (Fsp3) is 0.312. The lowest BCUT2D eigenvalue weighted by Crippen LogP contribution is -2.34. The molecule has 2 aromatic rings. The van der Waals surface area contributed by atoms with Gasteiger partial charge in [0.2, 0.25) is 11.8 Å². The first kappa shape index (κ1) is 17.1. The smallest absolute Gasteiger partial charge is 0.230 e. The van der Waals surface area contributed by atoms with Gasteiger partial charge in [-0.25, -0.2) is 4.98 Å². The molecule has 0 radical (unpaired) electrons. The Labute approximate surface area is 139 Å². The minimum absolute atomic E-state index is 0.111. The summed E-state index contributed by atoms with van der Waals surface area (Å²) in [6.45, 7) is 5.05. The molecule has 0 bridgehead atoms. The molecule has 0 aliphatic rings. The number of nitrogens with one attached hydrogen (secondary N) is 2. The molecular formula is C16H20N4O2S. The fourth-order valence-electron chi connectivity index (χ4n) is 1.85. The zero-order valence-electron chi connectivity index (χ0n) is 13.3. The van der Waals surface area contributed by atoms with Crippen LogP contribution >= 0.6 is 11.3 Å². The molecule has 1 aromatic heterocycles. The van der Waals surface area contributed by atoms with E-state index in [0.29, 0.717) is 5.13 Å². The van der Waals surface area contributed by atoms with Crippen LogP contribution in [0.5, 0.6) is 0 Å². The minimum Gasteiger partial charge on any atom is -0.327 e. The second-order valence-corrected chi connectivity index (χ2v) is 6.29. The van der Waals surface area contributed by atoms with Crippen LogP contribution in [-0.2, 0) is 9.59 Å². The van der Waals surface area contributed by atoms with Crippen molar-refractivity contribution in [2.75, 3.05) is 10.6 Å². The minimum atomic E-state index is -0.278. The molecule has 2 amide bonds. The zero-order chi connectivity index (χ0) is 17.0. The first-order chi connectivity index (χ1) is 10.9. The summed E-state index contributed by atoms with van der Waals surface area (Å²) in [5, 5.41) is 7.91. The summed E-state index contributed by atoms with van der Waals surface area (Å²) in [5.41, 5.74) is 8.14. The maximum Gasteiger partial charge on any atom is 0.230 e. The third-order valence-electron chi connectivity index (χ3n) is 3.44. The van der Waals surface area contributed by atoms with Crippen molar-refractivity contribution >= 4 is 34.0 Å². The van der Waals surface area contributed by atoms with Gasteiger partial charge in [-0.05, 0) is 19.1 Å². The van der Waals surface area contributed by atoms with Crippen LogP contribution in [0, 0.1) is 5.92 Å². The van der Waals surface area contributed by atoms with Crippen molar-refractivity contribution in [3.63, 3.8) is 0 Å². The number of nitrogens with two attached hydrogens (primary N) is 1. The van der Waals surface area contributed by atoms with Gasteiger partial charge in [0.05, 0.1) is 11.6 Å². The second kappa shape index (κ2) is 7.34. The Hall–Kier alpha value is -2.25. The maximum atomic E-state index is 12.0. The van der Waals surface area contributed by atoms with E-state index in [1.54, 1.807) is 13.8 Å². The van der Waals surface area contributed by atoms with Crippen molar-refractivity contribution in [1.29, 1.82) is 0 Å². The third kappa shape index (κ3) is 4.61. The summed E-state index contributed by atoms with van der Waals surface area (Å²) in [6.07, 6.45) is 0. The van der Waals surface area contributed by atoms with Crippen LogP contribution in [0.3, 0.4) is 0 Å². The molecule has 0 aliphatic carbocycles. The van der Waals surface area contributed by atoms with Gasteiger partial charge in [-0.2, -0.15) is 0 Å². The fourth-order valence-corrected chi connectivity index (χ4v) is 2.57. The van der Waals surface area contributed by atoms with E-state index in [-0.39, 0.29) is 23.8 Å². The van der Waals surface area contributed by atoms with Crippen molar-refractivity contribution in [2.45, 2.75) is 26.8 Å². The molecule has 0 spiro atoms. The van der Waals surface area contributed by atoms with Gasteiger partial charge in [0.15, 0.2) is 5.13 Å². The van der Waals surface area contributed by atoms with Crippen molar-refractivity contribution in [3.8, 4) is 11.3 Å². The summed E-state index contributed by atoms with van der Waals surface area (Å²) >= 11 is 1.36. The molecule has 2 unspecified atom stereocenters. The average Bonchev–Trinajstić information content (AvgIpc) is 2.94. The van der Waals surface area contributed by atoms with Crippen LogP contribution in [0.2, 0.25) is 0 Å². The SMILES string of the molecule is CC(=O)Nc1ccc(-c2csc(NC(=O)C(C)C(C)N)n2)cc1. The Balaban J connectivity index is 2.07. The monoisotopic (exact) mass is 332 g/mol. The zero-order valence-corrected chi connectivity index (χ0v) is 14.1. The Bertz CT molecular complexity index is 694. The molecule has 0 saturated heterocycles. The molecule has 1 aromatic carbocycles. The third-order valence-corrected chi connectivity index (χ3v) is 4.20. The van der Waals surface area contributed by atoms with E-state index >= 15 is 0 Å². The van der Waals surface area contributed by atoms with E-state index in [4.69, 9.17) is 5.73 Å². The normalized spacial score (nSPS) is 13.2. The summed E-state index contributed by atoms with van der Waals surface area (Å²) in [5.74, 6) is -0.527. The Kier molecular flexibility index (Phi) is 5.46. The molecular weight excluding hydrogens is 312 g/mol. The van der Waals surface area contributed by atoms with Crippen molar-refractivity contribution in [3.05, 3.63) is 29.6 Å². The van der Waals surface area contributed by atoms with Gasteiger partial charge in [-0.3, -0.25) is 9.59 Å². The van der Waals surface area contributed by atoms with Crippen LogP contribution < -0.4 is 16.4 Å². The number of aromatic nitrogens is 1. The summed E-state index contributed by atoms with van der Waals surface area (Å²) in [6, 6.07) is 7.15. The van der Waals surface area contributed by atoms with E-state index in [2.05, 4.69) is 15.6 Å². The van der Waals surface area contributed by atoms with Crippen LogP contribution in [-0.4, -0.2) is 22.8 Å². The van der Waals surface area contributed by atoms with Gasteiger partial charge in [-0.15, -0.1) is 11.3 Å². The highest BCUT2D eigenvalue weighted by molar-refractivity contribution is 7.14. The van der Waals surface area contributed by atoms with E-state index in [1.807, 2.05) is 29.6 Å². The van der Waals surface area contributed by atoms with Crippen molar-refractivity contribution in [2.24, 2.45) is 11.7 Å². The molecule has 23 heavy (non-hydrogen) atoms. The van der Waals surface area contributed by atoms with E-state index in [1.165, 1.54) is 18.3 Å².